The number of carbonyl (C=O) groups excluding carboxylic acids is 2. The van der Waals surface area contributed by atoms with Crippen molar-refractivity contribution in [3.05, 3.63) is 60.7 Å². The Hall–Kier alpha value is -1.22. The lowest BCUT2D eigenvalue weighted by atomic mass is 10.3. The Labute approximate surface area is 144 Å². The Morgan fingerprint density at radius 3 is 1.36 bits per heavy atom. The van der Waals surface area contributed by atoms with Crippen LogP contribution in [0.5, 0.6) is 11.5 Å². The van der Waals surface area contributed by atoms with Gasteiger partial charge >= 0.3 is 0 Å². The second-order valence-electron chi connectivity index (χ2n) is 3.63. The van der Waals surface area contributed by atoms with Crippen LogP contribution in [0.4, 0.5) is 9.59 Å². The zero-order chi connectivity index (χ0) is 15.6. The maximum absolute atomic E-state index is 11.6. The highest BCUT2D eigenvalue weighted by atomic mass is 33.1. The third-order valence-corrected chi connectivity index (χ3v) is 5.95. The molecule has 0 amide bonds. The van der Waals surface area contributed by atoms with Crippen molar-refractivity contribution in [3.8, 4) is 11.5 Å². The van der Waals surface area contributed by atoms with Crippen LogP contribution in [0.25, 0.3) is 0 Å². The molecule has 0 saturated heterocycles. The lowest BCUT2D eigenvalue weighted by Gasteiger charge is -2.02. The average molecular weight is 370 g/mol. The zero-order valence-electron chi connectivity index (χ0n) is 11.0. The summed E-state index contributed by atoms with van der Waals surface area (Å²) in [6.45, 7) is 0. The van der Waals surface area contributed by atoms with E-state index in [-0.39, 0.29) is 8.89 Å². The molecule has 4 nitrogen and oxygen atoms in total. The molecular weight excluding hydrogens is 360 g/mol. The SMILES string of the molecule is O=C(SOc1ccccc1)SSC(=O)SOc1ccccc1. The molecule has 0 aliphatic heterocycles. The summed E-state index contributed by atoms with van der Waals surface area (Å²) < 4.78 is 9.79. The number of hydrogen-bond acceptors (Lipinski definition) is 8. The molecule has 2 aromatic rings. The molecule has 8 heteroatoms. The molecule has 0 unspecified atom stereocenters. The van der Waals surface area contributed by atoms with Crippen LogP contribution in [0.3, 0.4) is 0 Å². The molecule has 0 atom stereocenters. The molecule has 0 saturated carbocycles. The highest BCUT2D eigenvalue weighted by Gasteiger charge is 2.13. The lowest BCUT2D eigenvalue weighted by Crippen LogP contribution is -1.89. The first kappa shape index (κ1) is 17.1. The van der Waals surface area contributed by atoms with Gasteiger partial charge in [-0.05, 0) is 24.3 Å². The molecule has 22 heavy (non-hydrogen) atoms. The topological polar surface area (TPSA) is 52.6 Å². The minimum atomic E-state index is -0.317. The summed E-state index contributed by atoms with van der Waals surface area (Å²) in [5, 5.41) is 0. The molecule has 0 aromatic heterocycles. The summed E-state index contributed by atoms with van der Waals surface area (Å²) in [5.74, 6) is 1.17. The van der Waals surface area contributed by atoms with E-state index in [0.717, 1.165) is 21.6 Å². The quantitative estimate of drug-likeness (QED) is 0.475. The normalized spacial score (nSPS) is 10.0. The van der Waals surface area contributed by atoms with Crippen molar-refractivity contribution in [2.45, 2.75) is 0 Å². The molecule has 0 heterocycles. The molecule has 2 rings (SSSR count). The number of benzene rings is 2. The summed E-state index contributed by atoms with van der Waals surface area (Å²) >= 11 is 1.37. The Morgan fingerprint density at radius 2 is 1.00 bits per heavy atom. The van der Waals surface area contributed by atoms with Crippen LogP contribution in [-0.4, -0.2) is 8.89 Å². The van der Waals surface area contributed by atoms with Crippen LogP contribution < -0.4 is 8.37 Å². The molecule has 0 bridgehead atoms. The number of para-hydroxylation sites is 2. The maximum atomic E-state index is 11.6. The monoisotopic (exact) mass is 370 g/mol. The summed E-state index contributed by atoms with van der Waals surface area (Å²) in [5.41, 5.74) is 0. The highest BCUT2D eigenvalue weighted by Crippen LogP contribution is 2.35. The fourth-order valence-corrected chi connectivity index (χ4v) is 3.85. The molecule has 0 radical (unpaired) electrons. The molecule has 0 aliphatic carbocycles. The van der Waals surface area contributed by atoms with Crippen molar-refractivity contribution < 1.29 is 18.0 Å². The van der Waals surface area contributed by atoms with Gasteiger partial charge in [0.05, 0.1) is 0 Å². The maximum Gasteiger partial charge on any atom is 0.295 e. The molecule has 0 spiro atoms. The van der Waals surface area contributed by atoms with Crippen LogP contribution in [-0.2, 0) is 0 Å². The van der Waals surface area contributed by atoms with E-state index in [0.29, 0.717) is 35.6 Å². The fourth-order valence-electron chi connectivity index (χ4n) is 1.21. The van der Waals surface area contributed by atoms with E-state index < -0.39 is 0 Å². The van der Waals surface area contributed by atoms with E-state index >= 15 is 0 Å². The van der Waals surface area contributed by atoms with Crippen molar-refractivity contribution >= 4 is 54.6 Å². The largest absolute Gasteiger partial charge is 0.417 e. The summed E-state index contributed by atoms with van der Waals surface area (Å²) in [6.07, 6.45) is 0. The first-order valence-electron chi connectivity index (χ1n) is 5.95. The van der Waals surface area contributed by atoms with Gasteiger partial charge in [0.15, 0.2) is 0 Å². The highest BCUT2D eigenvalue weighted by molar-refractivity contribution is 8.92. The van der Waals surface area contributed by atoms with Gasteiger partial charge in [-0.25, -0.2) is 0 Å². The standard InChI is InChI=1S/C14H10O4S4/c15-13(19-17-11-7-3-1-4-8-11)21-22-14(16)20-18-12-9-5-2-6-10-12/h1-10H. The van der Waals surface area contributed by atoms with E-state index in [2.05, 4.69) is 0 Å². The predicted molar refractivity (Wildman–Crippen MR) is 95.3 cm³/mol. The van der Waals surface area contributed by atoms with Crippen molar-refractivity contribution in [2.24, 2.45) is 0 Å². The third kappa shape index (κ3) is 6.69. The second-order valence-corrected chi connectivity index (χ2v) is 7.63. The fraction of sp³-hybridized carbons (Fsp3) is 0. The third-order valence-electron chi connectivity index (χ3n) is 2.08. The van der Waals surface area contributed by atoms with E-state index in [4.69, 9.17) is 8.37 Å². The second kappa shape index (κ2) is 9.73. The molecule has 0 fully saturated rings. The van der Waals surface area contributed by atoms with Crippen molar-refractivity contribution in [1.29, 1.82) is 0 Å². The predicted octanol–water partition coefficient (Wildman–Crippen LogP) is 6.06. The van der Waals surface area contributed by atoms with Gasteiger partial charge in [0, 0.05) is 21.6 Å². The molecular formula is C14H10O4S4. The van der Waals surface area contributed by atoms with Crippen LogP contribution in [0, 0.1) is 0 Å². The number of hydrogen-bond donors (Lipinski definition) is 0. The first-order chi connectivity index (χ1) is 10.7. The average Bonchev–Trinajstić information content (AvgIpc) is 2.58. The van der Waals surface area contributed by atoms with Gasteiger partial charge in [0.25, 0.3) is 8.89 Å². The van der Waals surface area contributed by atoms with Gasteiger partial charge in [0.2, 0.25) is 0 Å². The van der Waals surface area contributed by atoms with Crippen molar-refractivity contribution in [1.82, 2.24) is 0 Å². The van der Waals surface area contributed by atoms with Crippen LogP contribution in [0.1, 0.15) is 0 Å². The first-order valence-corrected chi connectivity index (χ1v) is 9.59. The zero-order valence-corrected chi connectivity index (χ0v) is 14.3. The van der Waals surface area contributed by atoms with Gasteiger partial charge in [-0.15, -0.1) is 0 Å². The number of carbonyl (C=O) groups is 2. The van der Waals surface area contributed by atoms with Crippen LogP contribution in [0.15, 0.2) is 60.7 Å². The minimum Gasteiger partial charge on any atom is -0.417 e. The van der Waals surface area contributed by atoms with E-state index in [1.165, 1.54) is 0 Å². The van der Waals surface area contributed by atoms with Crippen LogP contribution >= 0.6 is 45.7 Å². The Kier molecular flexibility index (Phi) is 7.58. The van der Waals surface area contributed by atoms with Crippen molar-refractivity contribution in [3.63, 3.8) is 0 Å². The Balaban J connectivity index is 1.62. The Morgan fingerprint density at radius 1 is 0.636 bits per heavy atom. The van der Waals surface area contributed by atoms with E-state index in [9.17, 15) is 9.59 Å². The van der Waals surface area contributed by atoms with Crippen LogP contribution in [0.2, 0.25) is 0 Å². The molecule has 0 N–H and O–H groups in total. The smallest absolute Gasteiger partial charge is 0.295 e. The van der Waals surface area contributed by atoms with Crippen molar-refractivity contribution in [2.75, 3.05) is 0 Å². The van der Waals surface area contributed by atoms with Gasteiger partial charge in [-0.3, -0.25) is 9.59 Å². The summed E-state index contributed by atoms with van der Waals surface area (Å²) in [7, 11) is 1.61. The molecule has 2 aromatic carbocycles. The van der Waals surface area contributed by atoms with Gasteiger partial charge < -0.3 is 8.37 Å². The summed E-state index contributed by atoms with van der Waals surface area (Å²) in [4.78, 5) is 23.1. The van der Waals surface area contributed by atoms with E-state index in [1.54, 1.807) is 24.3 Å². The Bertz CT molecular complexity index is 551. The van der Waals surface area contributed by atoms with E-state index in [1.807, 2.05) is 36.4 Å². The molecule has 0 aliphatic rings. The van der Waals surface area contributed by atoms with Gasteiger partial charge in [-0.2, -0.15) is 0 Å². The van der Waals surface area contributed by atoms with Gasteiger partial charge in [0.1, 0.15) is 35.6 Å². The summed E-state index contributed by atoms with van der Waals surface area (Å²) in [6, 6.07) is 17.9. The number of rotatable bonds is 4. The van der Waals surface area contributed by atoms with Gasteiger partial charge in [-0.1, -0.05) is 36.4 Å². The molecule has 114 valence electrons. The lowest BCUT2D eigenvalue weighted by molar-refractivity contribution is 0.275. The minimum absolute atomic E-state index is 0.317.